The molecule has 0 heterocycles. The highest BCUT2D eigenvalue weighted by atomic mass is 16.5. The molecule has 0 saturated heterocycles. The van der Waals surface area contributed by atoms with E-state index >= 15 is 0 Å². The van der Waals surface area contributed by atoms with Crippen LogP contribution < -0.4 is 5.32 Å². The molecule has 0 aromatic carbocycles. The molecule has 2 atom stereocenters. The van der Waals surface area contributed by atoms with Gasteiger partial charge < -0.3 is 20.3 Å². The molecule has 6 heteroatoms. The molecule has 2 unspecified atom stereocenters. The normalized spacial score (nSPS) is 12.5. The van der Waals surface area contributed by atoms with Gasteiger partial charge in [-0.2, -0.15) is 0 Å². The van der Waals surface area contributed by atoms with Crippen LogP contribution >= 0.6 is 0 Å². The summed E-state index contributed by atoms with van der Waals surface area (Å²) in [6.45, 7) is 4.96. The Balaban J connectivity index is 3.30. The van der Waals surface area contributed by atoms with Gasteiger partial charge in [0.2, 0.25) is 5.91 Å². The summed E-state index contributed by atoms with van der Waals surface area (Å²) < 4.78 is 5.49. The number of carbonyl (C=O) groups excluding carboxylic acids is 2. The van der Waals surface area contributed by atoms with Crippen molar-refractivity contribution in [1.82, 2.24) is 5.32 Å². The minimum Gasteiger partial charge on any atom is -0.466 e. The van der Waals surface area contributed by atoms with Gasteiger partial charge in [0.15, 0.2) is 0 Å². The number of hydrogen-bond donors (Lipinski definition) is 3. The molecule has 1 amide bonds. The van der Waals surface area contributed by atoms with Crippen LogP contribution in [0.5, 0.6) is 0 Å². The smallest absolute Gasteiger partial charge is 0.305 e. The Morgan fingerprint density at radius 3 is 0.959 bits per heavy atom. The van der Waals surface area contributed by atoms with Crippen LogP contribution in [0.15, 0.2) is 12.2 Å². The standard InChI is InChI=1S/C68H133NO5/c1-3-5-7-9-11-13-14-38-42-46-50-54-58-62-68(73)74-63-59-55-51-47-43-40-37-35-33-31-29-27-25-23-21-19-17-15-16-18-20-22-24-26-28-30-32-34-36-39-41-45-49-53-57-61-67(72)69-65(64-70)66(71)60-56-52-48-44-12-10-8-6-4-2/h17,19,65-66,70-71H,3-16,18,20-64H2,1-2H3,(H,69,72)/b19-17-. The molecular formula is C68H133NO5. The van der Waals surface area contributed by atoms with E-state index in [0.29, 0.717) is 25.9 Å². The lowest BCUT2D eigenvalue weighted by molar-refractivity contribution is -0.143. The van der Waals surface area contributed by atoms with Crippen LogP contribution in [0.25, 0.3) is 0 Å². The first kappa shape index (κ1) is 72.6. The molecule has 0 bridgehead atoms. The van der Waals surface area contributed by atoms with Crippen molar-refractivity contribution in [3.63, 3.8) is 0 Å². The van der Waals surface area contributed by atoms with Gasteiger partial charge in [-0.15, -0.1) is 0 Å². The van der Waals surface area contributed by atoms with Crippen molar-refractivity contribution in [1.29, 1.82) is 0 Å². The Kier molecular flexibility index (Phi) is 62.9. The van der Waals surface area contributed by atoms with Crippen molar-refractivity contribution >= 4 is 11.9 Å². The molecule has 0 aliphatic carbocycles. The summed E-state index contributed by atoms with van der Waals surface area (Å²) in [5.74, 6) is -0.00958. The van der Waals surface area contributed by atoms with Crippen LogP contribution in [0.1, 0.15) is 386 Å². The number of esters is 1. The van der Waals surface area contributed by atoms with Gasteiger partial charge in [0.25, 0.3) is 0 Å². The first-order valence-corrected chi connectivity index (χ1v) is 33.9. The minimum absolute atomic E-state index is 0.0223. The van der Waals surface area contributed by atoms with Crippen LogP contribution in [0.3, 0.4) is 0 Å². The molecule has 0 aromatic heterocycles. The van der Waals surface area contributed by atoms with Gasteiger partial charge in [0.05, 0.1) is 25.4 Å². The summed E-state index contributed by atoms with van der Waals surface area (Å²) in [4.78, 5) is 24.5. The number of amides is 1. The lowest BCUT2D eigenvalue weighted by Crippen LogP contribution is -2.45. The van der Waals surface area contributed by atoms with Crippen LogP contribution in [0.4, 0.5) is 0 Å². The molecule has 0 spiro atoms. The van der Waals surface area contributed by atoms with Crippen LogP contribution in [0.2, 0.25) is 0 Å². The van der Waals surface area contributed by atoms with E-state index in [1.165, 1.54) is 315 Å². The fourth-order valence-electron chi connectivity index (χ4n) is 10.9. The van der Waals surface area contributed by atoms with E-state index in [1.54, 1.807) is 0 Å². The Morgan fingerprint density at radius 1 is 0.365 bits per heavy atom. The zero-order valence-electron chi connectivity index (χ0n) is 50.4. The summed E-state index contributed by atoms with van der Waals surface area (Å²) >= 11 is 0. The quantitative estimate of drug-likeness (QED) is 0.0320. The molecule has 0 fully saturated rings. The summed E-state index contributed by atoms with van der Waals surface area (Å²) in [6, 6.07) is -0.535. The van der Waals surface area contributed by atoms with Crippen molar-refractivity contribution < 1.29 is 24.5 Å². The van der Waals surface area contributed by atoms with Gasteiger partial charge >= 0.3 is 5.97 Å². The Morgan fingerprint density at radius 2 is 0.635 bits per heavy atom. The topological polar surface area (TPSA) is 95.9 Å². The minimum atomic E-state index is -0.658. The van der Waals surface area contributed by atoms with Crippen molar-refractivity contribution in [3.8, 4) is 0 Å². The zero-order chi connectivity index (χ0) is 53.6. The predicted molar refractivity (Wildman–Crippen MR) is 324 cm³/mol. The molecule has 0 rings (SSSR count). The summed E-state index contributed by atoms with van der Waals surface area (Å²) in [5, 5.41) is 23.1. The van der Waals surface area contributed by atoms with Crippen LogP contribution in [-0.4, -0.2) is 47.4 Å². The number of unbranched alkanes of at least 4 members (excludes halogenated alkanes) is 51. The number of aliphatic hydroxyl groups is 2. The fraction of sp³-hybridized carbons (Fsp3) is 0.941. The van der Waals surface area contributed by atoms with Gasteiger partial charge in [0.1, 0.15) is 0 Å². The Hall–Kier alpha value is -1.40. The Bertz CT molecular complexity index is 1110. The second kappa shape index (κ2) is 64.1. The SMILES string of the molecule is CCCCCCCCCCCCCCCC(=O)OCCCCCCCCCCCCCCCC/C=C\CCCCCCCCCCCCCCCCCCCC(=O)NC(CO)C(O)CCCCCCCCCCC. The molecule has 0 radical (unpaired) electrons. The fourth-order valence-corrected chi connectivity index (χ4v) is 10.9. The summed E-state index contributed by atoms with van der Waals surface area (Å²) in [6.07, 6.45) is 78.5. The van der Waals surface area contributed by atoms with Crippen LogP contribution in [0, 0.1) is 0 Å². The molecule has 0 aliphatic heterocycles. The van der Waals surface area contributed by atoms with Crippen molar-refractivity contribution in [3.05, 3.63) is 12.2 Å². The average molecular weight is 1040 g/mol. The van der Waals surface area contributed by atoms with Gasteiger partial charge in [-0.05, 0) is 51.4 Å². The number of nitrogens with one attached hydrogen (secondary N) is 1. The second-order valence-corrected chi connectivity index (χ2v) is 23.5. The van der Waals surface area contributed by atoms with E-state index in [9.17, 15) is 19.8 Å². The van der Waals surface area contributed by atoms with Crippen molar-refractivity contribution in [2.45, 2.75) is 398 Å². The summed E-state index contributed by atoms with van der Waals surface area (Å²) in [7, 11) is 0. The molecule has 440 valence electrons. The maximum Gasteiger partial charge on any atom is 0.305 e. The maximum absolute atomic E-state index is 12.4. The molecule has 3 N–H and O–H groups in total. The zero-order valence-corrected chi connectivity index (χ0v) is 50.4. The van der Waals surface area contributed by atoms with Gasteiger partial charge in [0, 0.05) is 12.8 Å². The lowest BCUT2D eigenvalue weighted by atomic mass is 10.0. The largest absolute Gasteiger partial charge is 0.466 e. The highest BCUT2D eigenvalue weighted by molar-refractivity contribution is 5.76. The van der Waals surface area contributed by atoms with E-state index in [2.05, 4.69) is 31.3 Å². The number of rotatable bonds is 64. The molecule has 0 saturated carbocycles. The van der Waals surface area contributed by atoms with Crippen molar-refractivity contribution in [2.24, 2.45) is 0 Å². The van der Waals surface area contributed by atoms with Gasteiger partial charge in [-0.3, -0.25) is 9.59 Å². The third kappa shape index (κ3) is 59.8. The number of allylic oxidation sites excluding steroid dienone is 2. The number of ether oxygens (including phenoxy) is 1. The van der Waals surface area contributed by atoms with Crippen LogP contribution in [-0.2, 0) is 14.3 Å². The van der Waals surface area contributed by atoms with E-state index in [-0.39, 0.29) is 18.5 Å². The highest BCUT2D eigenvalue weighted by Gasteiger charge is 2.20. The third-order valence-electron chi connectivity index (χ3n) is 16.1. The first-order chi connectivity index (χ1) is 36.5. The van der Waals surface area contributed by atoms with Gasteiger partial charge in [-0.1, -0.05) is 334 Å². The number of hydrogen-bond acceptors (Lipinski definition) is 5. The molecule has 74 heavy (non-hydrogen) atoms. The van der Waals surface area contributed by atoms with E-state index in [0.717, 1.165) is 38.5 Å². The van der Waals surface area contributed by atoms with E-state index < -0.39 is 12.1 Å². The molecule has 0 aliphatic rings. The summed E-state index contributed by atoms with van der Waals surface area (Å²) in [5.41, 5.74) is 0. The predicted octanol–water partition coefficient (Wildman–Crippen LogP) is 21.6. The lowest BCUT2D eigenvalue weighted by Gasteiger charge is -2.22. The Labute approximate surface area is 463 Å². The van der Waals surface area contributed by atoms with E-state index in [4.69, 9.17) is 4.74 Å². The molecule has 0 aromatic rings. The average Bonchev–Trinajstić information content (AvgIpc) is 3.40. The number of aliphatic hydroxyl groups excluding tert-OH is 2. The number of carbonyl (C=O) groups is 2. The van der Waals surface area contributed by atoms with Gasteiger partial charge in [-0.25, -0.2) is 0 Å². The third-order valence-corrected chi connectivity index (χ3v) is 16.1. The first-order valence-electron chi connectivity index (χ1n) is 33.9. The molecular weight excluding hydrogens is 911 g/mol. The maximum atomic E-state index is 12.4. The monoisotopic (exact) mass is 1040 g/mol. The highest BCUT2D eigenvalue weighted by Crippen LogP contribution is 2.19. The molecule has 6 nitrogen and oxygen atoms in total. The van der Waals surface area contributed by atoms with Crippen molar-refractivity contribution in [2.75, 3.05) is 13.2 Å². The van der Waals surface area contributed by atoms with E-state index in [1.807, 2.05) is 0 Å². The second-order valence-electron chi connectivity index (χ2n) is 23.5.